The highest BCUT2D eigenvalue weighted by molar-refractivity contribution is 5.89. The number of hydrogen-bond donors (Lipinski definition) is 1. The molecule has 144 valence electrons. The van der Waals surface area contributed by atoms with Crippen molar-refractivity contribution >= 4 is 22.8 Å². The Labute approximate surface area is 159 Å². The summed E-state index contributed by atoms with van der Waals surface area (Å²) in [5.41, 5.74) is 8.07. The number of carbonyl (C=O) groups excluding carboxylic acids is 1. The van der Waals surface area contributed by atoms with Gasteiger partial charge in [-0.2, -0.15) is 5.10 Å². The smallest absolute Gasteiger partial charge is 0.245 e. The van der Waals surface area contributed by atoms with E-state index in [1.165, 1.54) is 12.4 Å². The van der Waals surface area contributed by atoms with Crippen molar-refractivity contribution in [1.82, 2.24) is 29.5 Å². The molecule has 2 aliphatic rings. The fourth-order valence-electron chi connectivity index (χ4n) is 4.30. The molecule has 2 aliphatic heterocycles. The van der Waals surface area contributed by atoms with Crippen LogP contribution < -0.4 is 5.73 Å². The number of hydrogen-bond acceptors (Lipinski definition) is 6. The van der Waals surface area contributed by atoms with Gasteiger partial charge in [-0.15, -0.1) is 0 Å². The molecule has 0 aromatic carbocycles. The second kappa shape index (κ2) is 7.26. The average Bonchev–Trinajstić information content (AvgIpc) is 3.09. The monoisotopic (exact) mass is 369 g/mol. The summed E-state index contributed by atoms with van der Waals surface area (Å²) in [4.78, 5) is 24.8. The lowest BCUT2D eigenvalue weighted by atomic mass is 9.92. The molecule has 2 saturated heterocycles. The van der Waals surface area contributed by atoms with E-state index in [0.29, 0.717) is 24.9 Å². The van der Waals surface area contributed by atoms with Crippen LogP contribution >= 0.6 is 0 Å². The fourth-order valence-corrected chi connectivity index (χ4v) is 4.30. The molecule has 8 heteroatoms. The lowest BCUT2D eigenvalue weighted by Crippen LogP contribution is -2.37. The molecule has 0 spiro atoms. The molecule has 2 fully saturated rings. The largest absolute Gasteiger partial charge is 0.383 e. The standard InChI is InChI=1S/C19H27N7O/c1-3-15(27)25-10-4-13(5-11-25)17-16-18(20)21-12-22-19(16)26(23-17)14-6-8-24(2)9-7-14/h3,12-14H,1,4-11H2,2H3,(H2,20,21,22). The number of likely N-dealkylation sites (tertiary alicyclic amines) is 2. The highest BCUT2D eigenvalue weighted by atomic mass is 16.2. The van der Waals surface area contributed by atoms with E-state index in [-0.39, 0.29) is 11.8 Å². The van der Waals surface area contributed by atoms with Gasteiger partial charge >= 0.3 is 0 Å². The summed E-state index contributed by atoms with van der Waals surface area (Å²) in [6.07, 6.45) is 6.77. The van der Waals surface area contributed by atoms with E-state index in [9.17, 15) is 4.79 Å². The van der Waals surface area contributed by atoms with E-state index < -0.39 is 0 Å². The number of fused-ring (bicyclic) bond motifs is 1. The molecular weight excluding hydrogens is 342 g/mol. The van der Waals surface area contributed by atoms with Crippen molar-refractivity contribution in [3.63, 3.8) is 0 Å². The van der Waals surface area contributed by atoms with E-state index in [1.54, 1.807) is 0 Å². The molecular formula is C19H27N7O. The quantitative estimate of drug-likeness (QED) is 0.826. The van der Waals surface area contributed by atoms with Crippen LogP contribution in [0.4, 0.5) is 5.82 Å². The van der Waals surface area contributed by atoms with Gasteiger partial charge in [0.15, 0.2) is 5.65 Å². The summed E-state index contributed by atoms with van der Waals surface area (Å²) in [5, 5.41) is 5.90. The Balaban J connectivity index is 1.65. The zero-order valence-electron chi connectivity index (χ0n) is 15.8. The van der Waals surface area contributed by atoms with E-state index in [0.717, 1.165) is 55.5 Å². The average molecular weight is 369 g/mol. The van der Waals surface area contributed by atoms with E-state index >= 15 is 0 Å². The lowest BCUT2D eigenvalue weighted by molar-refractivity contribution is -0.127. The maximum absolute atomic E-state index is 11.9. The Morgan fingerprint density at radius 1 is 1.19 bits per heavy atom. The van der Waals surface area contributed by atoms with Crippen LogP contribution in [0.5, 0.6) is 0 Å². The zero-order valence-corrected chi connectivity index (χ0v) is 15.8. The zero-order chi connectivity index (χ0) is 19.0. The topological polar surface area (TPSA) is 93.2 Å². The Kier molecular flexibility index (Phi) is 4.82. The molecule has 2 aromatic rings. The lowest BCUT2D eigenvalue weighted by Gasteiger charge is -2.31. The first-order chi connectivity index (χ1) is 13.1. The molecule has 2 N–H and O–H groups in total. The van der Waals surface area contributed by atoms with Crippen molar-refractivity contribution in [2.45, 2.75) is 37.6 Å². The van der Waals surface area contributed by atoms with Crippen LogP contribution in [0.3, 0.4) is 0 Å². The number of carbonyl (C=O) groups is 1. The number of amides is 1. The minimum absolute atomic E-state index is 0.00184. The molecule has 2 aromatic heterocycles. The van der Waals surface area contributed by atoms with Gasteiger partial charge in [-0.1, -0.05) is 6.58 Å². The number of piperidine rings is 2. The van der Waals surface area contributed by atoms with Crippen LogP contribution in [0.1, 0.15) is 43.3 Å². The molecule has 0 bridgehead atoms. The Morgan fingerprint density at radius 2 is 1.89 bits per heavy atom. The molecule has 0 unspecified atom stereocenters. The van der Waals surface area contributed by atoms with Crippen molar-refractivity contribution < 1.29 is 4.79 Å². The minimum atomic E-state index is -0.00184. The molecule has 0 atom stereocenters. The third-order valence-electron chi connectivity index (χ3n) is 5.95. The normalized spacial score (nSPS) is 20.3. The minimum Gasteiger partial charge on any atom is -0.383 e. The van der Waals surface area contributed by atoms with Crippen LogP contribution in [0.2, 0.25) is 0 Å². The Morgan fingerprint density at radius 3 is 2.56 bits per heavy atom. The number of aromatic nitrogens is 4. The number of anilines is 1. The summed E-state index contributed by atoms with van der Waals surface area (Å²) in [5.74, 6) is 0.763. The van der Waals surface area contributed by atoms with Gasteiger partial charge in [0.05, 0.1) is 17.1 Å². The Hall–Kier alpha value is -2.48. The first-order valence-corrected chi connectivity index (χ1v) is 9.67. The van der Waals surface area contributed by atoms with Gasteiger partial charge in [-0.05, 0) is 51.9 Å². The summed E-state index contributed by atoms with van der Waals surface area (Å²) in [7, 11) is 2.15. The van der Waals surface area contributed by atoms with Gasteiger partial charge in [-0.25, -0.2) is 14.6 Å². The predicted octanol–water partition coefficient (Wildman–Crippen LogP) is 1.57. The molecule has 4 heterocycles. The first kappa shape index (κ1) is 17.9. The number of rotatable bonds is 3. The van der Waals surface area contributed by atoms with E-state index in [1.807, 2.05) is 4.90 Å². The third kappa shape index (κ3) is 3.29. The Bertz CT molecular complexity index is 845. The molecule has 0 aliphatic carbocycles. The van der Waals surface area contributed by atoms with Crippen molar-refractivity contribution in [2.24, 2.45) is 0 Å². The highest BCUT2D eigenvalue weighted by Gasteiger charge is 2.30. The third-order valence-corrected chi connectivity index (χ3v) is 5.95. The molecule has 1 amide bonds. The molecule has 0 radical (unpaired) electrons. The van der Waals surface area contributed by atoms with E-state index in [2.05, 4.69) is 33.2 Å². The van der Waals surface area contributed by atoms with Crippen LogP contribution in [0.25, 0.3) is 11.0 Å². The predicted molar refractivity (Wildman–Crippen MR) is 104 cm³/mol. The van der Waals surface area contributed by atoms with Crippen LogP contribution in [0, 0.1) is 0 Å². The summed E-state index contributed by atoms with van der Waals surface area (Å²) in [6.45, 7) is 7.13. The van der Waals surface area contributed by atoms with Crippen LogP contribution in [-0.2, 0) is 4.79 Å². The van der Waals surface area contributed by atoms with Crippen molar-refractivity contribution in [1.29, 1.82) is 0 Å². The second-order valence-corrected chi connectivity index (χ2v) is 7.63. The molecule has 0 saturated carbocycles. The van der Waals surface area contributed by atoms with Gasteiger partial charge in [0.2, 0.25) is 5.91 Å². The first-order valence-electron chi connectivity index (χ1n) is 9.67. The van der Waals surface area contributed by atoms with Gasteiger partial charge in [0.1, 0.15) is 12.1 Å². The summed E-state index contributed by atoms with van der Waals surface area (Å²) in [6, 6.07) is 0.342. The maximum Gasteiger partial charge on any atom is 0.245 e. The SMILES string of the molecule is C=CC(=O)N1CCC(c2nn(C3CCN(C)CC3)c3ncnc(N)c23)CC1. The van der Waals surface area contributed by atoms with Gasteiger partial charge in [-0.3, -0.25) is 4.79 Å². The van der Waals surface area contributed by atoms with Crippen molar-refractivity contribution in [3.8, 4) is 0 Å². The van der Waals surface area contributed by atoms with Gasteiger partial charge in [0.25, 0.3) is 0 Å². The van der Waals surface area contributed by atoms with Gasteiger partial charge < -0.3 is 15.5 Å². The molecule has 4 rings (SSSR count). The molecule has 27 heavy (non-hydrogen) atoms. The van der Waals surface area contributed by atoms with Crippen molar-refractivity contribution in [2.75, 3.05) is 39.0 Å². The summed E-state index contributed by atoms with van der Waals surface area (Å²) >= 11 is 0. The number of nitrogens with two attached hydrogens (primary N) is 1. The van der Waals surface area contributed by atoms with E-state index in [4.69, 9.17) is 10.8 Å². The van der Waals surface area contributed by atoms with Crippen LogP contribution in [0.15, 0.2) is 19.0 Å². The highest BCUT2D eigenvalue weighted by Crippen LogP contribution is 2.36. The number of nitrogens with zero attached hydrogens (tertiary/aromatic N) is 6. The summed E-state index contributed by atoms with van der Waals surface area (Å²) < 4.78 is 2.08. The maximum atomic E-state index is 11.9. The van der Waals surface area contributed by atoms with Crippen LogP contribution in [-0.4, -0.2) is 68.7 Å². The second-order valence-electron chi connectivity index (χ2n) is 7.63. The number of nitrogen functional groups attached to an aromatic ring is 1. The van der Waals surface area contributed by atoms with Crippen molar-refractivity contribution in [3.05, 3.63) is 24.7 Å². The fraction of sp³-hybridized carbons (Fsp3) is 0.579. The molecule has 8 nitrogen and oxygen atoms in total. The van der Waals surface area contributed by atoms with Gasteiger partial charge in [0, 0.05) is 19.0 Å².